The molecule has 8 aromatic carbocycles. The van der Waals surface area contributed by atoms with Gasteiger partial charge in [0.1, 0.15) is 5.56 Å². The van der Waals surface area contributed by atoms with E-state index in [0.717, 1.165) is 0 Å². The highest BCUT2D eigenvalue weighted by molar-refractivity contribution is 6.28. The lowest BCUT2D eigenvalue weighted by atomic mass is 9.82. The Bertz CT molecular complexity index is 2530. The minimum Gasteiger partial charge on any atom is -0.272 e. The minimum atomic E-state index is 1.20. The number of para-hydroxylation sites is 1. The lowest BCUT2D eigenvalue weighted by Gasteiger charge is -2.20. The molecule has 0 radical (unpaired) electrons. The molecule has 1 aliphatic carbocycles. The van der Waals surface area contributed by atoms with Gasteiger partial charge in [-0.1, -0.05) is 127 Å². The van der Waals surface area contributed by atoms with Crippen LogP contribution in [0.15, 0.2) is 164 Å². The van der Waals surface area contributed by atoms with Crippen molar-refractivity contribution in [3.63, 3.8) is 0 Å². The van der Waals surface area contributed by atoms with Crippen molar-refractivity contribution < 1.29 is 0 Å². The first-order valence-electron chi connectivity index (χ1n) is 17.2. The minimum absolute atomic E-state index is 1.20. The predicted molar refractivity (Wildman–Crippen MR) is 213 cm³/mol. The first-order valence-corrected chi connectivity index (χ1v) is 17.2. The van der Waals surface area contributed by atoms with Crippen LogP contribution in [0.2, 0.25) is 0 Å². The third-order valence-electron chi connectivity index (χ3n) is 10.2. The average molecular weight is 643 g/mol. The second-order valence-electron chi connectivity index (χ2n) is 12.9. The summed E-state index contributed by atoms with van der Waals surface area (Å²) in [5.41, 5.74) is 20.3. The highest BCUT2D eigenvalue weighted by Gasteiger charge is 2.34. The SMILES string of the molecule is CC1=[N+](c2ccc(-c3ccc4c5c(cccc35)-c3c-4c(-c4ccccc4)c4ccccc4c3-c3ccccc3)cc2)c2ccccc21.CNN. The van der Waals surface area contributed by atoms with E-state index in [4.69, 9.17) is 0 Å². The van der Waals surface area contributed by atoms with Crippen molar-refractivity contribution in [1.82, 2.24) is 10.0 Å². The van der Waals surface area contributed by atoms with Gasteiger partial charge in [0.05, 0.1) is 0 Å². The van der Waals surface area contributed by atoms with Crippen molar-refractivity contribution in [2.45, 2.75) is 6.92 Å². The molecule has 3 nitrogen and oxygen atoms in total. The largest absolute Gasteiger partial charge is 0.272 e. The number of hydrogen-bond donors (Lipinski definition) is 2. The molecule has 0 saturated carbocycles. The molecule has 0 saturated heterocycles. The monoisotopic (exact) mass is 642 g/mol. The number of nitrogens with two attached hydrogens (primary N) is 1. The second-order valence-corrected chi connectivity index (χ2v) is 12.9. The highest BCUT2D eigenvalue weighted by Crippen LogP contribution is 2.58. The van der Waals surface area contributed by atoms with E-state index < -0.39 is 0 Å². The third kappa shape index (κ3) is 4.49. The normalized spacial score (nSPS) is 12.3. The number of nitrogens with zero attached hydrogens (tertiary/aromatic N) is 1. The maximum absolute atomic E-state index is 4.60. The van der Waals surface area contributed by atoms with Gasteiger partial charge >= 0.3 is 0 Å². The van der Waals surface area contributed by atoms with E-state index in [1.807, 2.05) is 0 Å². The van der Waals surface area contributed by atoms with E-state index in [9.17, 15) is 0 Å². The predicted octanol–water partition coefficient (Wildman–Crippen LogP) is 11.4. The summed E-state index contributed by atoms with van der Waals surface area (Å²) in [6.45, 7) is 2.20. The van der Waals surface area contributed by atoms with Crippen molar-refractivity contribution >= 4 is 38.6 Å². The summed E-state index contributed by atoms with van der Waals surface area (Å²) in [6.07, 6.45) is 0. The Balaban J connectivity index is 0.00000109. The van der Waals surface area contributed by atoms with Crippen molar-refractivity contribution in [1.29, 1.82) is 0 Å². The van der Waals surface area contributed by atoms with Crippen LogP contribution in [-0.2, 0) is 0 Å². The molecule has 0 bridgehead atoms. The van der Waals surface area contributed by atoms with Gasteiger partial charge in [0, 0.05) is 25.1 Å². The molecule has 0 fully saturated rings. The first-order chi connectivity index (χ1) is 24.7. The standard InChI is InChI=1S/C46H30N.CH6N2/c1-29-34-17-10-11-22-41(34)47(29)33-25-23-30(24-26-33)35-27-28-40-44-36(35)20-12-21-39(44)45-42(31-13-4-2-5-14-31)37-18-8-9-19-38(37)43(46(40)45)32-15-6-3-7-16-32;1-3-2/h2-28H,1H3;3H,2H2,1H3/q+1;. The second kappa shape index (κ2) is 12.1. The van der Waals surface area contributed by atoms with E-state index in [0.29, 0.717) is 0 Å². The number of nitrogens with one attached hydrogen (secondary N) is 1. The molecular weight excluding hydrogens is 607 g/mol. The van der Waals surface area contributed by atoms with Gasteiger partial charge in [-0.2, -0.15) is 4.58 Å². The van der Waals surface area contributed by atoms with Gasteiger partial charge in [0.25, 0.3) is 0 Å². The molecule has 0 amide bonds. The smallest absolute Gasteiger partial charge is 0.225 e. The van der Waals surface area contributed by atoms with E-state index >= 15 is 0 Å². The van der Waals surface area contributed by atoms with Gasteiger partial charge in [-0.15, -0.1) is 0 Å². The van der Waals surface area contributed by atoms with Gasteiger partial charge in [-0.3, -0.25) is 11.3 Å². The lowest BCUT2D eigenvalue weighted by molar-refractivity contribution is 0.900. The van der Waals surface area contributed by atoms with Crippen molar-refractivity contribution in [2.75, 3.05) is 7.05 Å². The van der Waals surface area contributed by atoms with Crippen molar-refractivity contribution in [3.8, 4) is 55.6 Å². The Morgan fingerprint density at radius 2 is 0.900 bits per heavy atom. The van der Waals surface area contributed by atoms with Crippen LogP contribution in [0.1, 0.15) is 12.5 Å². The molecule has 0 aromatic heterocycles. The van der Waals surface area contributed by atoms with Crippen LogP contribution in [0.25, 0.3) is 77.2 Å². The maximum atomic E-state index is 4.60. The van der Waals surface area contributed by atoms with Gasteiger partial charge in [-0.05, 0) is 102 Å². The summed E-state index contributed by atoms with van der Waals surface area (Å²) in [5, 5.41) is 5.21. The van der Waals surface area contributed by atoms with Crippen LogP contribution in [0.4, 0.5) is 11.4 Å². The number of rotatable bonds is 4. The van der Waals surface area contributed by atoms with Crippen LogP contribution in [0.5, 0.6) is 0 Å². The van der Waals surface area contributed by atoms with Gasteiger partial charge < -0.3 is 0 Å². The quantitative estimate of drug-likeness (QED) is 0.114. The van der Waals surface area contributed by atoms with Gasteiger partial charge in [-0.25, -0.2) is 0 Å². The van der Waals surface area contributed by atoms with Crippen LogP contribution in [-0.4, -0.2) is 12.8 Å². The summed E-state index contributed by atoms with van der Waals surface area (Å²) < 4.78 is 2.35. The number of benzene rings is 8. The molecule has 238 valence electrons. The van der Waals surface area contributed by atoms with Crippen molar-refractivity contribution in [2.24, 2.45) is 5.84 Å². The Kier molecular flexibility index (Phi) is 7.24. The zero-order chi connectivity index (χ0) is 33.8. The van der Waals surface area contributed by atoms with E-state index in [-0.39, 0.29) is 0 Å². The van der Waals surface area contributed by atoms with E-state index in [2.05, 4.69) is 187 Å². The van der Waals surface area contributed by atoms with Crippen LogP contribution in [0, 0.1) is 0 Å². The zero-order valence-corrected chi connectivity index (χ0v) is 28.1. The van der Waals surface area contributed by atoms with Crippen molar-refractivity contribution in [3.05, 3.63) is 169 Å². The Morgan fingerprint density at radius 1 is 0.420 bits per heavy atom. The molecule has 8 aromatic rings. The third-order valence-corrected chi connectivity index (χ3v) is 10.2. The molecule has 3 N–H and O–H groups in total. The Morgan fingerprint density at radius 3 is 1.52 bits per heavy atom. The zero-order valence-electron chi connectivity index (χ0n) is 28.1. The molecule has 10 rings (SSSR count). The fourth-order valence-electron chi connectivity index (χ4n) is 8.21. The molecule has 3 heteroatoms. The summed E-state index contributed by atoms with van der Waals surface area (Å²) in [6, 6.07) is 60.2. The first kappa shape index (κ1) is 30.0. The average Bonchev–Trinajstić information content (AvgIpc) is 3.50. The molecule has 1 aliphatic heterocycles. The Hall–Kier alpha value is -6.13. The molecular formula is C47H36N3+. The maximum Gasteiger partial charge on any atom is 0.225 e. The molecule has 1 heterocycles. The highest BCUT2D eigenvalue weighted by atomic mass is 15.2. The molecule has 0 atom stereocenters. The molecule has 2 aliphatic rings. The summed E-state index contributed by atoms with van der Waals surface area (Å²) in [4.78, 5) is 0. The fraction of sp³-hybridized carbons (Fsp3) is 0.0426. The molecule has 0 spiro atoms. The van der Waals surface area contributed by atoms with E-state index in [1.54, 1.807) is 7.05 Å². The molecule has 0 unspecified atom stereocenters. The molecule has 50 heavy (non-hydrogen) atoms. The Labute approximate surface area is 292 Å². The lowest BCUT2D eigenvalue weighted by Crippen LogP contribution is -2.26. The topological polar surface area (TPSA) is 41.1 Å². The van der Waals surface area contributed by atoms with Gasteiger partial charge in [0.15, 0.2) is 5.71 Å². The van der Waals surface area contributed by atoms with Crippen LogP contribution in [0.3, 0.4) is 0 Å². The summed E-state index contributed by atoms with van der Waals surface area (Å²) >= 11 is 0. The number of hydrogen-bond acceptors (Lipinski definition) is 2. The van der Waals surface area contributed by atoms with E-state index in [1.165, 1.54) is 99.8 Å². The van der Waals surface area contributed by atoms with Gasteiger partial charge in [0.2, 0.25) is 11.4 Å². The van der Waals surface area contributed by atoms with Crippen LogP contribution >= 0.6 is 0 Å². The van der Waals surface area contributed by atoms with Crippen LogP contribution < -0.4 is 15.8 Å². The number of fused-ring (bicyclic) bond motifs is 5. The fourth-order valence-corrected chi connectivity index (χ4v) is 8.21. The summed E-state index contributed by atoms with van der Waals surface area (Å²) in [5.74, 6) is 4.60. The summed E-state index contributed by atoms with van der Waals surface area (Å²) in [7, 11) is 1.65. The number of hydrazine groups is 1.